The Morgan fingerprint density at radius 2 is 2.07 bits per heavy atom. The average Bonchev–Trinajstić information content (AvgIpc) is 2.15. The summed E-state index contributed by atoms with van der Waals surface area (Å²) in [6, 6.07) is 0. The smallest absolute Gasteiger partial charge is 0.308 e. The molecule has 80 valence electrons. The van der Waals surface area contributed by atoms with Crippen LogP contribution in [0.1, 0.15) is 12.8 Å². The standard InChI is InChI=1S/C11H20O2Si/c1-13-11(12)9-6-5-7-10(8-9)14(2,3)4/h5,7,9-10H,6,8H2,1-4H3. The molecule has 2 atom stereocenters. The number of carbonyl (C=O) groups is 1. The lowest BCUT2D eigenvalue weighted by molar-refractivity contribution is -0.145. The van der Waals surface area contributed by atoms with Crippen LogP contribution in [0.3, 0.4) is 0 Å². The molecule has 2 nitrogen and oxygen atoms in total. The first kappa shape index (κ1) is 11.5. The fourth-order valence-electron chi connectivity index (χ4n) is 1.89. The zero-order valence-electron chi connectivity index (χ0n) is 9.54. The van der Waals surface area contributed by atoms with Gasteiger partial charge in [0.25, 0.3) is 0 Å². The molecule has 0 amide bonds. The second-order valence-corrected chi connectivity index (χ2v) is 10.6. The highest BCUT2D eigenvalue weighted by molar-refractivity contribution is 6.78. The Labute approximate surface area is 87.3 Å². The van der Waals surface area contributed by atoms with Gasteiger partial charge >= 0.3 is 5.97 Å². The van der Waals surface area contributed by atoms with Gasteiger partial charge in [0.15, 0.2) is 0 Å². The van der Waals surface area contributed by atoms with Crippen LogP contribution in [0.5, 0.6) is 0 Å². The molecule has 0 spiro atoms. The fraction of sp³-hybridized carbons (Fsp3) is 0.727. The van der Waals surface area contributed by atoms with Gasteiger partial charge in [-0.2, -0.15) is 0 Å². The molecule has 0 aliphatic heterocycles. The van der Waals surface area contributed by atoms with Gasteiger partial charge in [0.2, 0.25) is 0 Å². The molecule has 0 aromatic heterocycles. The van der Waals surface area contributed by atoms with Crippen LogP contribution in [0.4, 0.5) is 0 Å². The third-order valence-corrected chi connectivity index (χ3v) is 5.63. The summed E-state index contributed by atoms with van der Waals surface area (Å²) in [6.07, 6.45) is 6.28. The molecule has 0 saturated heterocycles. The van der Waals surface area contributed by atoms with Crippen molar-refractivity contribution < 1.29 is 9.53 Å². The van der Waals surface area contributed by atoms with Crippen LogP contribution in [0.25, 0.3) is 0 Å². The molecule has 14 heavy (non-hydrogen) atoms. The van der Waals surface area contributed by atoms with Crippen molar-refractivity contribution in [2.75, 3.05) is 7.11 Å². The van der Waals surface area contributed by atoms with Gasteiger partial charge in [-0.25, -0.2) is 0 Å². The molecular formula is C11H20O2Si. The second-order valence-electron chi connectivity index (χ2n) is 5.09. The highest BCUT2D eigenvalue weighted by atomic mass is 28.3. The van der Waals surface area contributed by atoms with Gasteiger partial charge < -0.3 is 4.74 Å². The molecule has 0 heterocycles. The number of esters is 1. The Bertz CT molecular complexity index is 240. The van der Waals surface area contributed by atoms with E-state index in [1.54, 1.807) is 0 Å². The van der Waals surface area contributed by atoms with Gasteiger partial charge in [0.05, 0.1) is 21.1 Å². The van der Waals surface area contributed by atoms with Crippen molar-refractivity contribution in [3.05, 3.63) is 12.2 Å². The van der Waals surface area contributed by atoms with Crippen LogP contribution in [-0.4, -0.2) is 21.2 Å². The minimum atomic E-state index is -1.15. The van der Waals surface area contributed by atoms with E-state index in [9.17, 15) is 4.79 Å². The van der Waals surface area contributed by atoms with Crippen molar-refractivity contribution in [2.45, 2.75) is 38.0 Å². The van der Waals surface area contributed by atoms with Gasteiger partial charge in [-0.15, -0.1) is 0 Å². The Morgan fingerprint density at radius 3 is 2.57 bits per heavy atom. The van der Waals surface area contributed by atoms with Gasteiger partial charge in [0, 0.05) is 0 Å². The van der Waals surface area contributed by atoms with Crippen molar-refractivity contribution >= 4 is 14.0 Å². The predicted octanol–water partition coefficient (Wildman–Crippen LogP) is 2.83. The number of allylic oxidation sites excluding steroid dienone is 2. The highest BCUT2D eigenvalue weighted by Gasteiger charge is 2.32. The van der Waals surface area contributed by atoms with E-state index in [4.69, 9.17) is 4.74 Å². The molecule has 2 unspecified atom stereocenters. The predicted molar refractivity (Wildman–Crippen MR) is 61.0 cm³/mol. The number of ether oxygens (including phenoxy) is 1. The minimum Gasteiger partial charge on any atom is -0.469 e. The maximum absolute atomic E-state index is 11.4. The molecule has 1 aliphatic rings. The Hall–Kier alpha value is -0.573. The lowest BCUT2D eigenvalue weighted by Gasteiger charge is -2.31. The van der Waals surface area contributed by atoms with Crippen molar-refractivity contribution in [1.82, 2.24) is 0 Å². The normalized spacial score (nSPS) is 27.4. The SMILES string of the molecule is COC(=O)C1CC=CC([Si](C)(C)C)C1. The monoisotopic (exact) mass is 212 g/mol. The third kappa shape index (κ3) is 2.71. The fourth-order valence-corrected chi connectivity index (χ4v) is 3.59. The molecule has 0 N–H and O–H groups in total. The van der Waals surface area contributed by atoms with Crippen LogP contribution >= 0.6 is 0 Å². The Morgan fingerprint density at radius 1 is 1.43 bits per heavy atom. The summed E-state index contributed by atoms with van der Waals surface area (Å²) in [5.74, 6) is 0.0549. The molecular weight excluding hydrogens is 192 g/mol. The largest absolute Gasteiger partial charge is 0.469 e. The second kappa shape index (κ2) is 4.30. The van der Waals surface area contributed by atoms with Gasteiger partial charge in [-0.05, 0) is 18.4 Å². The Balaban J connectivity index is 2.65. The van der Waals surface area contributed by atoms with Crippen molar-refractivity contribution in [3.63, 3.8) is 0 Å². The summed E-state index contributed by atoms with van der Waals surface area (Å²) in [4.78, 5) is 11.4. The minimum absolute atomic E-state index is 0.0439. The first-order chi connectivity index (χ1) is 6.45. The maximum Gasteiger partial charge on any atom is 0.308 e. The molecule has 0 aromatic carbocycles. The van der Waals surface area contributed by atoms with E-state index in [-0.39, 0.29) is 11.9 Å². The zero-order valence-corrected chi connectivity index (χ0v) is 10.5. The molecule has 0 radical (unpaired) electrons. The lowest BCUT2D eigenvalue weighted by atomic mass is 9.94. The highest BCUT2D eigenvalue weighted by Crippen LogP contribution is 2.35. The molecule has 0 aromatic rings. The molecule has 0 saturated carbocycles. The lowest BCUT2D eigenvalue weighted by Crippen LogP contribution is -2.32. The van der Waals surface area contributed by atoms with Crippen molar-refractivity contribution in [1.29, 1.82) is 0 Å². The summed E-state index contributed by atoms with van der Waals surface area (Å²) in [6.45, 7) is 7.05. The third-order valence-electron chi connectivity index (χ3n) is 2.97. The summed E-state index contributed by atoms with van der Waals surface area (Å²) < 4.78 is 4.79. The van der Waals surface area contributed by atoms with E-state index in [1.165, 1.54) is 7.11 Å². The number of methoxy groups -OCH3 is 1. The van der Waals surface area contributed by atoms with Crippen LogP contribution in [0, 0.1) is 5.92 Å². The molecule has 1 rings (SSSR count). The molecule has 0 fully saturated rings. The van der Waals surface area contributed by atoms with E-state index in [0.717, 1.165) is 12.8 Å². The van der Waals surface area contributed by atoms with E-state index >= 15 is 0 Å². The number of rotatable bonds is 2. The molecule has 1 aliphatic carbocycles. The van der Waals surface area contributed by atoms with Crippen LogP contribution in [0.15, 0.2) is 12.2 Å². The van der Waals surface area contributed by atoms with E-state index in [2.05, 4.69) is 31.8 Å². The van der Waals surface area contributed by atoms with Crippen LogP contribution in [-0.2, 0) is 9.53 Å². The van der Waals surface area contributed by atoms with Gasteiger partial charge in [-0.1, -0.05) is 31.8 Å². The quantitative estimate of drug-likeness (QED) is 0.400. The van der Waals surface area contributed by atoms with E-state index < -0.39 is 8.07 Å². The van der Waals surface area contributed by atoms with E-state index in [1.807, 2.05) is 0 Å². The average molecular weight is 212 g/mol. The van der Waals surface area contributed by atoms with Crippen molar-refractivity contribution in [2.24, 2.45) is 5.92 Å². The number of hydrogen-bond acceptors (Lipinski definition) is 2. The summed E-state index contributed by atoms with van der Waals surface area (Å²) in [5, 5.41) is 0. The van der Waals surface area contributed by atoms with E-state index in [0.29, 0.717) is 5.54 Å². The van der Waals surface area contributed by atoms with Gasteiger partial charge in [-0.3, -0.25) is 4.79 Å². The number of carbonyl (C=O) groups excluding carboxylic acids is 1. The summed E-state index contributed by atoms with van der Waals surface area (Å²) in [7, 11) is 0.325. The van der Waals surface area contributed by atoms with Crippen LogP contribution in [0.2, 0.25) is 25.2 Å². The summed E-state index contributed by atoms with van der Waals surface area (Å²) >= 11 is 0. The first-order valence-corrected chi connectivity index (χ1v) is 8.77. The Kier molecular flexibility index (Phi) is 3.53. The molecule has 3 heteroatoms. The number of hydrogen-bond donors (Lipinski definition) is 0. The summed E-state index contributed by atoms with van der Waals surface area (Å²) in [5.41, 5.74) is 0.625. The molecule has 0 bridgehead atoms. The van der Waals surface area contributed by atoms with Crippen LogP contribution < -0.4 is 0 Å². The maximum atomic E-state index is 11.4. The topological polar surface area (TPSA) is 26.3 Å². The van der Waals surface area contributed by atoms with Gasteiger partial charge in [0.1, 0.15) is 0 Å². The first-order valence-electron chi connectivity index (χ1n) is 5.19. The van der Waals surface area contributed by atoms with Crippen molar-refractivity contribution in [3.8, 4) is 0 Å². The zero-order chi connectivity index (χ0) is 10.8.